The average molecular weight is 252 g/mol. The van der Waals surface area contributed by atoms with Gasteiger partial charge in [-0.2, -0.15) is 5.10 Å². The second-order valence-electron chi connectivity index (χ2n) is 4.69. The second kappa shape index (κ2) is 7.74. The molecule has 0 saturated carbocycles. The van der Waals surface area contributed by atoms with Crippen molar-refractivity contribution in [2.24, 2.45) is 5.92 Å². The molecule has 1 rings (SSSR count). The number of anilines is 1. The first kappa shape index (κ1) is 14.5. The van der Waals surface area contributed by atoms with E-state index in [1.165, 1.54) is 19.3 Å². The zero-order valence-corrected chi connectivity index (χ0v) is 11.4. The Bertz CT molecular complexity index is 362. The first-order chi connectivity index (χ1) is 8.65. The number of carbonyl (C=O) groups excluding carboxylic acids is 1. The van der Waals surface area contributed by atoms with Crippen molar-refractivity contribution in [3.8, 4) is 0 Å². The minimum absolute atomic E-state index is 0.00644. The van der Waals surface area contributed by atoms with Gasteiger partial charge in [-0.3, -0.25) is 9.48 Å². The molecule has 5 heteroatoms. The smallest absolute Gasteiger partial charge is 0.241 e. The quantitative estimate of drug-likeness (QED) is 0.741. The van der Waals surface area contributed by atoms with Crippen molar-refractivity contribution in [3.05, 3.63) is 12.4 Å². The highest BCUT2D eigenvalue weighted by atomic mass is 16.2. The van der Waals surface area contributed by atoms with Crippen molar-refractivity contribution >= 4 is 11.6 Å². The Balaban J connectivity index is 2.27. The number of rotatable bonds is 8. The number of aromatic nitrogens is 2. The van der Waals surface area contributed by atoms with Crippen molar-refractivity contribution < 1.29 is 4.79 Å². The molecule has 18 heavy (non-hydrogen) atoms. The van der Waals surface area contributed by atoms with Gasteiger partial charge in [0.05, 0.1) is 11.9 Å². The SMILES string of the molecule is CCCCC(CC)CNC(=O)Cn1cc(N)cn1. The number of carbonyl (C=O) groups is 1. The van der Waals surface area contributed by atoms with E-state index in [4.69, 9.17) is 5.73 Å². The summed E-state index contributed by atoms with van der Waals surface area (Å²) in [6.07, 6.45) is 7.93. The highest BCUT2D eigenvalue weighted by molar-refractivity contribution is 5.75. The van der Waals surface area contributed by atoms with Crippen LogP contribution >= 0.6 is 0 Å². The summed E-state index contributed by atoms with van der Waals surface area (Å²) < 4.78 is 1.55. The van der Waals surface area contributed by atoms with E-state index >= 15 is 0 Å². The number of nitrogen functional groups attached to an aromatic ring is 1. The van der Waals surface area contributed by atoms with Crippen LogP contribution in [-0.2, 0) is 11.3 Å². The maximum atomic E-state index is 11.7. The number of hydrogen-bond acceptors (Lipinski definition) is 3. The Kier molecular flexibility index (Phi) is 6.25. The molecule has 0 saturated heterocycles. The van der Waals surface area contributed by atoms with Crippen LogP contribution in [0.5, 0.6) is 0 Å². The van der Waals surface area contributed by atoms with Crippen LogP contribution in [0.1, 0.15) is 39.5 Å². The van der Waals surface area contributed by atoms with Crippen LogP contribution in [-0.4, -0.2) is 22.2 Å². The van der Waals surface area contributed by atoms with E-state index in [1.807, 2.05) is 0 Å². The van der Waals surface area contributed by atoms with Crippen LogP contribution < -0.4 is 11.1 Å². The third-order valence-electron chi connectivity index (χ3n) is 3.09. The fourth-order valence-corrected chi connectivity index (χ4v) is 1.87. The zero-order valence-electron chi connectivity index (χ0n) is 11.4. The summed E-state index contributed by atoms with van der Waals surface area (Å²) in [5.74, 6) is 0.574. The molecule has 3 N–H and O–H groups in total. The van der Waals surface area contributed by atoms with E-state index in [-0.39, 0.29) is 12.5 Å². The highest BCUT2D eigenvalue weighted by Crippen LogP contribution is 2.11. The molecule has 5 nitrogen and oxygen atoms in total. The Hall–Kier alpha value is -1.52. The van der Waals surface area contributed by atoms with Gasteiger partial charge in [0, 0.05) is 12.7 Å². The minimum Gasteiger partial charge on any atom is -0.396 e. The lowest BCUT2D eigenvalue weighted by Crippen LogP contribution is -2.32. The molecule has 1 amide bonds. The maximum Gasteiger partial charge on any atom is 0.241 e. The first-order valence-electron chi connectivity index (χ1n) is 6.70. The van der Waals surface area contributed by atoms with Gasteiger partial charge in [-0.05, 0) is 12.3 Å². The van der Waals surface area contributed by atoms with E-state index < -0.39 is 0 Å². The predicted octanol–water partition coefficient (Wildman–Crippen LogP) is 1.80. The molecule has 0 radical (unpaired) electrons. The van der Waals surface area contributed by atoms with Gasteiger partial charge in [-0.1, -0.05) is 33.1 Å². The average Bonchev–Trinajstić information content (AvgIpc) is 2.75. The second-order valence-corrected chi connectivity index (χ2v) is 4.69. The van der Waals surface area contributed by atoms with E-state index in [2.05, 4.69) is 24.3 Å². The summed E-state index contributed by atoms with van der Waals surface area (Å²) in [5, 5.41) is 6.94. The van der Waals surface area contributed by atoms with E-state index in [0.29, 0.717) is 11.6 Å². The molecule has 0 aliphatic rings. The molecule has 1 heterocycles. The monoisotopic (exact) mass is 252 g/mol. The van der Waals surface area contributed by atoms with Crippen molar-refractivity contribution in [3.63, 3.8) is 0 Å². The molecule has 0 aromatic carbocycles. The van der Waals surface area contributed by atoms with Gasteiger partial charge in [0.2, 0.25) is 5.91 Å². The molecule has 1 aromatic rings. The summed E-state index contributed by atoms with van der Waals surface area (Å²) in [7, 11) is 0. The largest absolute Gasteiger partial charge is 0.396 e. The van der Waals surface area contributed by atoms with Crippen LogP contribution in [0, 0.1) is 5.92 Å². The minimum atomic E-state index is -0.00644. The van der Waals surface area contributed by atoms with Crippen molar-refractivity contribution in [2.45, 2.75) is 46.1 Å². The van der Waals surface area contributed by atoms with Gasteiger partial charge >= 0.3 is 0 Å². The molecule has 102 valence electrons. The molecule has 0 aliphatic heterocycles. The van der Waals surface area contributed by atoms with Crippen LogP contribution in [0.3, 0.4) is 0 Å². The predicted molar refractivity (Wildman–Crippen MR) is 73.0 cm³/mol. The normalized spacial score (nSPS) is 12.3. The Morgan fingerprint density at radius 1 is 1.56 bits per heavy atom. The summed E-state index contributed by atoms with van der Waals surface area (Å²) in [4.78, 5) is 11.7. The standard InChI is InChI=1S/C13H24N4O/c1-3-5-6-11(4-2)7-15-13(18)10-17-9-12(14)8-16-17/h8-9,11H,3-7,10,14H2,1-2H3,(H,15,18). The number of hydrogen-bond donors (Lipinski definition) is 2. The maximum absolute atomic E-state index is 11.7. The van der Waals surface area contributed by atoms with E-state index in [9.17, 15) is 4.79 Å². The van der Waals surface area contributed by atoms with Crippen molar-refractivity contribution in [1.29, 1.82) is 0 Å². The Morgan fingerprint density at radius 2 is 2.33 bits per heavy atom. The zero-order chi connectivity index (χ0) is 13.4. The molecule has 0 aliphatic carbocycles. The first-order valence-corrected chi connectivity index (χ1v) is 6.70. The van der Waals surface area contributed by atoms with Gasteiger partial charge in [0.1, 0.15) is 6.54 Å². The Labute approximate surface area is 109 Å². The fraction of sp³-hybridized carbons (Fsp3) is 0.692. The van der Waals surface area contributed by atoms with Crippen LogP contribution in [0.15, 0.2) is 12.4 Å². The molecule has 0 fully saturated rings. The summed E-state index contributed by atoms with van der Waals surface area (Å²) in [6, 6.07) is 0. The lowest BCUT2D eigenvalue weighted by Gasteiger charge is -2.15. The summed E-state index contributed by atoms with van der Waals surface area (Å²) >= 11 is 0. The van der Waals surface area contributed by atoms with Gasteiger partial charge in [-0.25, -0.2) is 0 Å². The number of unbranched alkanes of at least 4 members (excludes halogenated alkanes) is 1. The summed E-state index contributed by atoms with van der Waals surface area (Å²) in [5.41, 5.74) is 6.12. The number of nitrogens with zero attached hydrogens (tertiary/aromatic N) is 2. The van der Waals surface area contributed by atoms with Crippen molar-refractivity contribution in [1.82, 2.24) is 15.1 Å². The molecule has 0 bridgehead atoms. The number of amides is 1. The van der Waals surface area contributed by atoms with E-state index in [1.54, 1.807) is 17.1 Å². The molecule has 1 unspecified atom stereocenters. The van der Waals surface area contributed by atoms with Gasteiger partial charge in [0.25, 0.3) is 0 Å². The topological polar surface area (TPSA) is 72.9 Å². The third kappa shape index (κ3) is 5.21. The molecular formula is C13H24N4O. The van der Waals surface area contributed by atoms with Gasteiger partial charge in [-0.15, -0.1) is 0 Å². The summed E-state index contributed by atoms with van der Waals surface area (Å²) in [6.45, 7) is 5.35. The van der Waals surface area contributed by atoms with E-state index in [0.717, 1.165) is 13.0 Å². The van der Waals surface area contributed by atoms with Crippen LogP contribution in [0.25, 0.3) is 0 Å². The van der Waals surface area contributed by atoms with Crippen LogP contribution in [0.2, 0.25) is 0 Å². The molecular weight excluding hydrogens is 228 g/mol. The third-order valence-corrected chi connectivity index (χ3v) is 3.09. The molecule has 1 atom stereocenters. The lowest BCUT2D eigenvalue weighted by atomic mass is 9.99. The highest BCUT2D eigenvalue weighted by Gasteiger charge is 2.09. The number of nitrogens with one attached hydrogen (secondary N) is 1. The number of nitrogens with two attached hydrogens (primary N) is 1. The lowest BCUT2D eigenvalue weighted by molar-refractivity contribution is -0.122. The van der Waals surface area contributed by atoms with Gasteiger partial charge in [0.15, 0.2) is 0 Å². The van der Waals surface area contributed by atoms with Crippen molar-refractivity contribution in [2.75, 3.05) is 12.3 Å². The molecule has 0 spiro atoms. The van der Waals surface area contributed by atoms with Gasteiger partial charge < -0.3 is 11.1 Å². The Morgan fingerprint density at radius 3 is 2.89 bits per heavy atom. The molecule has 1 aromatic heterocycles. The van der Waals surface area contributed by atoms with Crippen LogP contribution in [0.4, 0.5) is 5.69 Å². The fourth-order valence-electron chi connectivity index (χ4n) is 1.87.